The lowest BCUT2D eigenvalue weighted by molar-refractivity contribution is -0.123. The molecule has 2 atom stereocenters. The van der Waals surface area contributed by atoms with Crippen LogP contribution in [0.4, 0.5) is 0 Å². The zero-order valence-electron chi connectivity index (χ0n) is 10.8. The quantitative estimate of drug-likeness (QED) is 0.627. The third-order valence-electron chi connectivity index (χ3n) is 2.75. The zero-order chi connectivity index (χ0) is 12.4. The molecule has 3 N–H and O–H groups in total. The summed E-state index contributed by atoms with van der Waals surface area (Å²) in [4.78, 5) is 11.7. The standard InChI is InChI=1S/C12H26N2O2/c1-4-6-11(9-16-3)14-12(15)7-10(5-2)8-13/h10-11H,4-9,13H2,1-3H3,(H,14,15). The van der Waals surface area contributed by atoms with E-state index in [9.17, 15) is 4.79 Å². The highest BCUT2D eigenvalue weighted by molar-refractivity contribution is 5.76. The predicted octanol–water partition coefficient (Wildman–Crippen LogP) is 1.29. The molecule has 4 heteroatoms. The Kier molecular flexibility index (Phi) is 9.24. The van der Waals surface area contributed by atoms with Gasteiger partial charge in [-0.25, -0.2) is 0 Å². The van der Waals surface area contributed by atoms with Gasteiger partial charge in [0.15, 0.2) is 0 Å². The average Bonchev–Trinajstić information content (AvgIpc) is 2.26. The van der Waals surface area contributed by atoms with Gasteiger partial charge < -0.3 is 15.8 Å². The number of amides is 1. The van der Waals surface area contributed by atoms with Crippen molar-refractivity contribution in [3.8, 4) is 0 Å². The second-order valence-electron chi connectivity index (χ2n) is 4.22. The number of nitrogens with one attached hydrogen (secondary N) is 1. The molecule has 0 aromatic rings. The largest absolute Gasteiger partial charge is 0.383 e. The first kappa shape index (κ1) is 15.4. The second-order valence-corrected chi connectivity index (χ2v) is 4.22. The maximum Gasteiger partial charge on any atom is 0.220 e. The molecule has 0 aliphatic rings. The predicted molar refractivity (Wildman–Crippen MR) is 66.2 cm³/mol. The Hall–Kier alpha value is -0.610. The molecule has 1 amide bonds. The van der Waals surface area contributed by atoms with Gasteiger partial charge in [-0.05, 0) is 18.9 Å². The van der Waals surface area contributed by atoms with E-state index >= 15 is 0 Å². The van der Waals surface area contributed by atoms with Crippen LogP contribution in [0.1, 0.15) is 39.5 Å². The molecule has 0 rings (SSSR count). The summed E-state index contributed by atoms with van der Waals surface area (Å²) in [6.45, 7) is 5.32. The molecule has 2 unspecified atom stereocenters. The summed E-state index contributed by atoms with van der Waals surface area (Å²) >= 11 is 0. The first-order valence-electron chi connectivity index (χ1n) is 6.16. The van der Waals surface area contributed by atoms with Crippen molar-refractivity contribution < 1.29 is 9.53 Å². The fourth-order valence-electron chi connectivity index (χ4n) is 1.69. The fraction of sp³-hybridized carbons (Fsp3) is 0.917. The normalized spacial score (nSPS) is 14.5. The van der Waals surface area contributed by atoms with Gasteiger partial charge in [0.25, 0.3) is 0 Å². The summed E-state index contributed by atoms with van der Waals surface area (Å²) in [7, 11) is 1.66. The molecule has 0 spiro atoms. The van der Waals surface area contributed by atoms with E-state index in [4.69, 9.17) is 10.5 Å². The Morgan fingerprint density at radius 1 is 1.44 bits per heavy atom. The van der Waals surface area contributed by atoms with Crippen molar-refractivity contribution in [2.75, 3.05) is 20.3 Å². The molecule has 0 aromatic carbocycles. The topological polar surface area (TPSA) is 64.3 Å². The Labute approximate surface area is 98.9 Å². The van der Waals surface area contributed by atoms with Crippen LogP contribution in [-0.4, -0.2) is 32.2 Å². The van der Waals surface area contributed by atoms with Crippen molar-refractivity contribution in [1.29, 1.82) is 0 Å². The van der Waals surface area contributed by atoms with Crippen LogP contribution in [0.3, 0.4) is 0 Å². The van der Waals surface area contributed by atoms with E-state index < -0.39 is 0 Å². The lowest BCUT2D eigenvalue weighted by Gasteiger charge is -2.19. The van der Waals surface area contributed by atoms with Gasteiger partial charge in [-0.1, -0.05) is 26.7 Å². The monoisotopic (exact) mass is 230 g/mol. The lowest BCUT2D eigenvalue weighted by atomic mass is 10.0. The number of carbonyl (C=O) groups is 1. The number of nitrogens with two attached hydrogens (primary N) is 1. The molecule has 0 radical (unpaired) electrons. The van der Waals surface area contributed by atoms with E-state index in [1.54, 1.807) is 7.11 Å². The van der Waals surface area contributed by atoms with E-state index in [0.29, 0.717) is 25.5 Å². The third-order valence-corrected chi connectivity index (χ3v) is 2.75. The second kappa shape index (κ2) is 9.60. The van der Waals surface area contributed by atoms with Crippen LogP contribution in [0.25, 0.3) is 0 Å². The molecule has 0 aliphatic heterocycles. The summed E-state index contributed by atoms with van der Waals surface area (Å²) in [5, 5.41) is 3.00. The van der Waals surface area contributed by atoms with Crippen molar-refractivity contribution in [2.45, 2.75) is 45.6 Å². The Bertz CT molecular complexity index is 176. The Balaban J connectivity index is 3.97. The van der Waals surface area contributed by atoms with Crippen LogP contribution in [0.5, 0.6) is 0 Å². The lowest BCUT2D eigenvalue weighted by Crippen LogP contribution is -2.39. The maximum absolute atomic E-state index is 11.7. The molecule has 0 aromatic heterocycles. The van der Waals surface area contributed by atoms with Crippen LogP contribution in [-0.2, 0) is 9.53 Å². The van der Waals surface area contributed by atoms with Crippen molar-refractivity contribution in [2.24, 2.45) is 11.7 Å². The van der Waals surface area contributed by atoms with Gasteiger partial charge in [-0.2, -0.15) is 0 Å². The highest BCUT2D eigenvalue weighted by atomic mass is 16.5. The molecule has 0 fully saturated rings. The van der Waals surface area contributed by atoms with Gasteiger partial charge in [0.2, 0.25) is 5.91 Å². The van der Waals surface area contributed by atoms with Gasteiger partial charge in [-0.15, -0.1) is 0 Å². The molecule has 4 nitrogen and oxygen atoms in total. The highest BCUT2D eigenvalue weighted by Crippen LogP contribution is 2.06. The fourth-order valence-corrected chi connectivity index (χ4v) is 1.69. The van der Waals surface area contributed by atoms with Gasteiger partial charge >= 0.3 is 0 Å². The van der Waals surface area contributed by atoms with Crippen molar-refractivity contribution in [3.63, 3.8) is 0 Å². The SMILES string of the molecule is CCCC(COC)NC(=O)CC(CC)CN. The summed E-state index contributed by atoms with van der Waals surface area (Å²) in [5.74, 6) is 0.387. The van der Waals surface area contributed by atoms with E-state index in [-0.39, 0.29) is 11.9 Å². The number of carbonyl (C=O) groups excluding carboxylic acids is 1. The first-order valence-corrected chi connectivity index (χ1v) is 6.16. The number of ether oxygens (including phenoxy) is 1. The van der Waals surface area contributed by atoms with E-state index in [1.807, 2.05) is 0 Å². The molecule has 0 bridgehead atoms. The number of hydrogen-bond donors (Lipinski definition) is 2. The molecule has 16 heavy (non-hydrogen) atoms. The zero-order valence-corrected chi connectivity index (χ0v) is 10.8. The summed E-state index contributed by atoms with van der Waals surface area (Å²) in [6, 6.07) is 0.137. The number of hydrogen-bond acceptors (Lipinski definition) is 3. The minimum absolute atomic E-state index is 0.0906. The molecule has 0 saturated carbocycles. The molecule has 0 heterocycles. The molecular formula is C12H26N2O2. The van der Waals surface area contributed by atoms with Crippen molar-refractivity contribution >= 4 is 5.91 Å². The summed E-state index contributed by atoms with van der Waals surface area (Å²) in [6.07, 6.45) is 3.48. The first-order chi connectivity index (χ1) is 7.67. The molecule has 96 valence electrons. The minimum Gasteiger partial charge on any atom is -0.383 e. The average molecular weight is 230 g/mol. The van der Waals surface area contributed by atoms with E-state index in [0.717, 1.165) is 19.3 Å². The van der Waals surface area contributed by atoms with Crippen molar-refractivity contribution in [3.05, 3.63) is 0 Å². The van der Waals surface area contributed by atoms with Gasteiger partial charge in [0, 0.05) is 13.5 Å². The van der Waals surface area contributed by atoms with Gasteiger partial charge in [-0.3, -0.25) is 4.79 Å². The van der Waals surface area contributed by atoms with E-state index in [2.05, 4.69) is 19.2 Å². The van der Waals surface area contributed by atoms with E-state index in [1.165, 1.54) is 0 Å². The maximum atomic E-state index is 11.7. The van der Waals surface area contributed by atoms with Crippen molar-refractivity contribution in [1.82, 2.24) is 5.32 Å². The number of methoxy groups -OCH3 is 1. The highest BCUT2D eigenvalue weighted by Gasteiger charge is 2.14. The van der Waals surface area contributed by atoms with Crippen LogP contribution >= 0.6 is 0 Å². The molecule has 0 aliphatic carbocycles. The smallest absolute Gasteiger partial charge is 0.220 e. The van der Waals surface area contributed by atoms with Crippen LogP contribution in [0, 0.1) is 5.92 Å². The van der Waals surface area contributed by atoms with Crippen LogP contribution in [0.2, 0.25) is 0 Å². The minimum atomic E-state index is 0.0906. The van der Waals surface area contributed by atoms with Crippen LogP contribution < -0.4 is 11.1 Å². The number of rotatable bonds is 9. The Morgan fingerprint density at radius 2 is 2.12 bits per heavy atom. The van der Waals surface area contributed by atoms with Crippen LogP contribution in [0.15, 0.2) is 0 Å². The van der Waals surface area contributed by atoms with Gasteiger partial charge in [0.05, 0.1) is 12.6 Å². The Morgan fingerprint density at radius 3 is 2.56 bits per heavy atom. The third kappa shape index (κ3) is 6.80. The summed E-state index contributed by atoms with van der Waals surface area (Å²) in [5.41, 5.74) is 5.58. The molecular weight excluding hydrogens is 204 g/mol. The van der Waals surface area contributed by atoms with Gasteiger partial charge in [0.1, 0.15) is 0 Å². The molecule has 0 saturated heterocycles. The summed E-state index contributed by atoms with van der Waals surface area (Å²) < 4.78 is 5.08.